The molecule has 1 aromatic heterocycles. The van der Waals surface area contributed by atoms with Gasteiger partial charge in [-0.25, -0.2) is 8.42 Å². The van der Waals surface area contributed by atoms with Crippen molar-refractivity contribution in [1.29, 1.82) is 0 Å². The van der Waals surface area contributed by atoms with Crippen LogP contribution in [0.2, 0.25) is 0 Å². The normalized spacial score (nSPS) is 17.5. The number of benzene rings is 1. The molecule has 0 N–H and O–H groups in total. The van der Waals surface area contributed by atoms with Gasteiger partial charge in [-0.15, -0.1) is 0 Å². The molecule has 0 amide bonds. The molecule has 0 aliphatic carbocycles. The third kappa shape index (κ3) is 3.04. The molecule has 1 aliphatic rings. The number of methoxy groups -OCH3 is 1. The van der Waals surface area contributed by atoms with Gasteiger partial charge in [0.05, 0.1) is 12.0 Å². The van der Waals surface area contributed by atoms with E-state index < -0.39 is 10.0 Å². The Hall–Kier alpha value is -1.37. The molecule has 118 valence electrons. The number of rotatable bonds is 4. The highest BCUT2D eigenvalue weighted by Crippen LogP contribution is 2.32. The molecule has 0 atom stereocenters. The van der Waals surface area contributed by atoms with Crippen molar-refractivity contribution >= 4 is 21.4 Å². The summed E-state index contributed by atoms with van der Waals surface area (Å²) in [5.41, 5.74) is 1.34. The molecule has 0 saturated carbocycles. The third-order valence-electron chi connectivity index (χ3n) is 4.15. The molecule has 2 aromatic rings. The summed E-state index contributed by atoms with van der Waals surface area (Å²) in [7, 11) is -1.89. The molecular formula is C16H19NO3S2. The number of hydrogen-bond acceptors (Lipinski definition) is 4. The number of piperidine rings is 1. The van der Waals surface area contributed by atoms with Crippen molar-refractivity contribution in [2.75, 3.05) is 20.2 Å². The lowest BCUT2D eigenvalue weighted by molar-refractivity contribution is 0.319. The van der Waals surface area contributed by atoms with Crippen LogP contribution in [-0.2, 0) is 10.0 Å². The zero-order valence-electron chi connectivity index (χ0n) is 12.4. The number of thiophene rings is 1. The van der Waals surface area contributed by atoms with E-state index in [9.17, 15) is 8.42 Å². The zero-order valence-corrected chi connectivity index (χ0v) is 14.1. The van der Waals surface area contributed by atoms with Crippen molar-refractivity contribution in [3.63, 3.8) is 0 Å². The SMILES string of the molecule is COc1cccc(S(=O)(=O)N2CCC(c3ccsc3)CC2)c1. The molecule has 0 spiro atoms. The number of ether oxygens (including phenoxy) is 1. The van der Waals surface area contributed by atoms with Crippen LogP contribution in [0.15, 0.2) is 46.0 Å². The Labute approximate surface area is 135 Å². The van der Waals surface area contributed by atoms with Gasteiger partial charge in [-0.05, 0) is 53.3 Å². The minimum absolute atomic E-state index is 0.306. The molecule has 0 radical (unpaired) electrons. The molecule has 1 aliphatic heterocycles. The standard InChI is InChI=1S/C16H19NO3S2/c1-20-15-3-2-4-16(11-15)22(18,19)17-8-5-13(6-9-17)14-7-10-21-12-14/h2-4,7,10-13H,5-6,8-9H2,1H3. The summed E-state index contributed by atoms with van der Waals surface area (Å²) >= 11 is 1.69. The summed E-state index contributed by atoms with van der Waals surface area (Å²) in [6.45, 7) is 1.14. The van der Waals surface area contributed by atoms with Gasteiger partial charge in [0, 0.05) is 19.2 Å². The second kappa shape index (κ2) is 6.40. The van der Waals surface area contributed by atoms with Crippen LogP contribution in [0.5, 0.6) is 5.75 Å². The molecule has 22 heavy (non-hydrogen) atoms. The highest BCUT2D eigenvalue weighted by molar-refractivity contribution is 7.89. The molecule has 0 bridgehead atoms. The van der Waals surface area contributed by atoms with Gasteiger partial charge in [-0.3, -0.25) is 0 Å². The second-order valence-corrected chi connectivity index (χ2v) is 8.13. The fourth-order valence-electron chi connectivity index (χ4n) is 2.85. The Balaban J connectivity index is 1.74. The summed E-state index contributed by atoms with van der Waals surface area (Å²) < 4.78 is 32.2. The smallest absolute Gasteiger partial charge is 0.243 e. The van der Waals surface area contributed by atoms with Crippen LogP contribution in [0.4, 0.5) is 0 Å². The maximum atomic E-state index is 12.7. The van der Waals surface area contributed by atoms with E-state index in [2.05, 4.69) is 16.8 Å². The lowest BCUT2D eigenvalue weighted by atomic mass is 9.92. The topological polar surface area (TPSA) is 46.6 Å². The summed E-state index contributed by atoms with van der Waals surface area (Å²) in [5, 5.41) is 4.24. The summed E-state index contributed by atoms with van der Waals surface area (Å²) in [6.07, 6.45) is 1.75. The largest absolute Gasteiger partial charge is 0.497 e. The Morgan fingerprint density at radius 1 is 1.23 bits per heavy atom. The Morgan fingerprint density at radius 3 is 2.64 bits per heavy atom. The van der Waals surface area contributed by atoms with Gasteiger partial charge in [-0.1, -0.05) is 6.07 Å². The van der Waals surface area contributed by atoms with Gasteiger partial charge in [-0.2, -0.15) is 15.6 Å². The molecule has 1 saturated heterocycles. The van der Waals surface area contributed by atoms with Gasteiger partial charge in [0.15, 0.2) is 0 Å². The van der Waals surface area contributed by atoms with Crippen molar-refractivity contribution < 1.29 is 13.2 Å². The first kappa shape index (κ1) is 15.5. The predicted octanol–water partition coefficient (Wildman–Crippen LogP) is 3.33. The predicted molar refractivity (Wildman–Crippen MR) is 88.0 cm³/mol. The van der Waals surface area contributed by atoms with Crippen molar-refractivity contribution in [3.8, 4) is 5.75 Å². The first-order valence-electron chi connectivity index (χ1n) is 7.27. The Morgan fingerprint density at radius 2 is 2.00 bits per heavy atom. The van der Waals surface area contributed by atoms with Crippen molar-refractivity contribution in [1.82, 2.24) is 4.31 Å². The van der Waals surface area contributed by atoms with Crippen LogP contribution in [0, 0.1) is 0 Å². The Kier molecular flexibility index (Phi) is 4.52. The van der Waals surface area contributed by atoms with E-state index >= 15 is 0 Å². The van der Waals surface area contributed by atoms with E-state index in [0.29, 0.717) is 29.7 Å². The molecule has 1 fully saturated rings. The van der Waals surface area contributed by atoms with Crippen molar-refractivity contribution in [2.45, 2.75) is 23.7 Å². The minimum Gasteiger partial charge on any atom is -0.497 e. The van der Waals surface area contributed by atoms with Crippen LogP contribution in [-0.4, -0.2) is 32.9 Å². The average Bonchev–Trinajstić information content (AvgIpc) is 3.09. The highest BCUT2D eigenvalue weighted by Gasteiger charge is 2.30. The van der Waals surface area contributed by atoms with Crippen LogP contribution < -0.4 is 4.74 Å². The van der Waals surface area contributed by atoms with E-state index in [1.165, 1.54) is 12.7 Å². The van der Waals surface area contributed by atoms with Gasteiger partial charge in [0.2, 0.25) is 10.0 Å². The zero-order chi connectivity index (χ0) is 15.6. The first-order valence-corrected chi connectivity index (χ1v) is 9.66. The molecule has 1 aromatic carbocycles. The molecule has 3 rings (SSSR count). The minimum atomic E-state index is -3.43. The van der Waals surface area contributed by atoms with E-state index in [0.717, 1.165) is 12.8 Å². The van der Waals surface area contributed by atoms with Crippen molar-refractivity contribution in [2.24, 2.45) is 0 Å². The van der Waals surface area contributed by atoms with Crippen LogP contribution in [0.25, 0.3) is 0 Å². The summed E-state index contributed by atoms with van der Waals surface area (Å²) in [5.74, 6) is 1.04. The van der Waals surface area contributed by atoms with Crippen molar-refractivity contribution in [3.05, 3.63) is 46.7 Å². The number of sulfonamides is 1. The van der Waals surface area contributed by atoms with E-state index in [-0.39, 0.29) is 0 Å². The number of nitrogens with zero attached hydrogens (tertiary/aromatic N) is 1. The molecule has 0 unspecified atom stereocenters. The molecule has 6 heteroatoms. The fourth-order valence-corrected chi connectivity index (χ4v) is 5.10. The van der Waals surface area contributed by atoms with Gasteiger partial charge >= 0.3 is 0 Å². The van der Waals surface area contributed by atoms with E-state index in [1.807, 2.05) is 0 Å². The average molecular weight is 337 g/mol. The van der Waals surface area contributed by atoms with Gasteiger partial charge in [0.25, 0.3) is 0 Å². The maximum absolute atomic E-state index is 12.7. The van der Waals surface area contributed by atoms with Crippen LogP contribution >= 0.6 is 11.3 Å². The second-order valence-electron chi connectivity index (χ2n) is 5.41. The van der Waals surface area contributed by atoms with E-state index in [1.54, 1.807) is 39.9 Å². The van der Waals surface area contributed by atoms with E-state index in [4.69, 9.17) is 4.74 Å². The summed E-state index contributed by atoms with van der Waals surface area (Å²) in [6, 6.07) is 8.82. The first-order chi connectivity index (χ1) is 10.6. The lowest BCUT2D eigenvalue weighted by Crippen LogP contribution is -2.37. The molecule has 4 nitrogen and oxygen atoms in total. The Bertz CT molecular complexity index is 718. The van der Waals surface area contributed by atoms with Crippen LogP contribution in [0.3, 0.4) is 0 Å². The molecule has 2 heterocycles. The highest BCUT2D eigenvalue weighted by atomic mass is 32.2. The quantitative estimate of drug-likeness (QED) is 0.860. The van der Waals surface area contributed by atoms with Crippen LogP contribution in [0.1, 0.15) is 24.3 Å². The third-order valence-corrected chi connectivity index (χ3v) is 6.74. The maximum Gasteiger partial charge on any atom is 0.243 e. The van der Waals surface area contributed by atoms with Gasteiger partial charge in [0.1, 0.15) is 5.75 Å². The van der Waals surface area contributed by atoms with Gasteiger partial charge < -0.3 is 4.74 Å². The molecular weight excluding hydrogens is 318 g/mol. The number of hydrogen-bond donors (Lipinski definition) is 0. The summed E-state index contributed by atoms with van der Waals surface area (Å²) in [4.78, 5) is 0.306. The fraction of sp³-hybridized carbons (Fsp3) is 0.375. The monoisotopic (exact) mass is 337 g/mol. The lowest BCUT2D eigenvalue weighted by Gasteiger charge is -2.31.